The highest BCUT2D eigenvalue weighted by Crippen LogP contribution is 2.37. The number of rotatable bonds is 5. The van der Waals surface area contributed by atoms with E-state index in [-0.39, 0.29) is 23.4 Å². The summed E-state index contributed by atoms with van der Waals surface area (Å²) in [5, 5.41) is 9.24. The van der Waals surface area contributed by atoms with E-state index in [1.807, 2.05) is 13.8 Å². The second-order valence-corrected chi connectivity index (χ2v) is 5.99. The number of ether oxygens (including phenoxy) is 1. The predicted molar refractivity (Wildman–Crippen MR) is 71.4 cm³/mol. The minimum absolute atomic E-state index is 0.0388. The molecule has 2 fully saturated rings. The van der Waals surface area contributed by atoms with E-state index in [4.69, 9.17) is 4.74 Å². The summed E-state index contributed by atoms with van der Waals surface area (Å²) in [5.74, 6) is -0.0203. The second kappa shape index (κ2) is 5.48. The van der Waals surface area contributed by atoms with Gasteiger partial charge in [-0.2, -0.15) is 5.26 Å². The van der Waals surface area contributed by atoms with Crippen LogP contribution in [0, 0.1) is 17.2 Å². The van der Waals surface area contributed by atoms with Crippen molar-refractivity contribution in [2.45, 2.75) is 38.3 Å². The van der Waals surface area contributed by atoms with Gasteiger partial charge < -0.3 is 9.64 Å². The molecule has 106 valence electrons. The fourth-order valence-electron chi connectivity index (χ4n) is 2.78. The van der Waals surface area contributed by atoms with Crippen molar-refractivity contribution < 1.29 is 9.53 Å². The van der Waals surface area contributed by atoms with Gasteiger partial charge in [-0.3, -0.25) is 9.69 Å². The van der Waals surface area contributed by atoms with E-state index in [1.165, 1.54) is 6.42 Å². The van der Waals surface area contributed by atoms with Gasteiger partial charge in [0.15, 0.2) is 0 Å². The van der Waals surface area contributed by atoms with E-state index >= 15 is 0 Å². The van der Waals surface area contributed by atoms with Crippen LogP contribution in [0.15, 0.2) is 0 Å². The zero-order valence-electron chi connectivity index (χ0n) is 12.1. The van der Waals surface area contributed by atoms with Gasteiger partial charge in [-0.1, -0.05) is 13.8 Å². The first-order valence-corrected chi connectivity index (χ1v) is 6.99. The molecule has 5 heteroatoms. The second-order valence-electron chi connectivity index (χ2n) is 5.99. The summed E-state index contributed by atoms with van der Waals surface area (Å²) in [6.45, 7) is 7.34. The molecule has 0 N–H and O–H groups in total. The first-order valence-electron chi connectivity index (χ1n) is 6.99. The van der Waals surface area contributed by atoms with E-state index in [2.05, 4.69) is 11.0 Å². The molecule has 2 heterocycles. The zero-order valence-corrected chi connectivity index (χ0v) is 12.1. The number of amides is 1. The number of nitriles is 1. The molecular weight excluding hydrogens is 242 g/mol. The van der Waals surface area contributed by atoms with Crippen LogP contribution in [0.2, 0.25) is 0 Å². The molecule has 0 unspecified atom stereocenters. The van der Waals surface area contributed by atoms with Gasteiger partial charge >= 0.3 is 0 Å². The van der Waals surface area contributed by atoms with Crippen LogP contribution in [0.25, 0.3) is 0 Å². The SMILES string of the molecule is CC(C)C(=O)N(C)[C@H](C#N)CCN1CCC12COC2. The molecule has 0 aromatic carbocycles. The zero-order chi connectivity index (χ0) is 14.0. The summed E-state index contributed by atoms with van der Waals surface area (Å²) in [7, 11) is 1.73. The van der Waals surface area contributed by atoms with Crippen LogP contribution in [0.1, 0.15) is 26.7 Å². The average Bonchev–Trinajstić information content (AvgIpc) is 2.29. The smallest absolute Gasteiger partial charge is 0.225 e. The Morgan fingerprint density at radius 2 is 2.21 bits per heavy atom. The van der Waals surface area contributed by atoms with Crippen molar-refractivity contribution in [1.82, 2.24) is 9.80 Å². The summed E-state index contributed by atoms with van der Waals surface area (Å²) >= 11 is 0. The van der Waals surface area contributed by atoms with Crippen molar-refractivity contribution in [3.8, 4) is 6.07 Å². The maximum absolute atomic E-state index is 11.9. The lowest BCUT2D eigenvalue weighted by Gasteiger charge is -2.58. The van der Waals surface area contributed by atoms with Gasteiger partial charge in [0.05, 0.1) is 24.8 Å². The van der Waals surface area contributed by atoms with Crippen LogP contribution in [0.5, 0.6) is 0 Å². The van der Waals surface area contributed by atoms with E-state index in [0.29, 0.717) is 6.42 Å². The monoisotopic (exact) mass is 265 g/mol. The fraction of sp³-hybridized carbons (Fsp3) is 0.857. The summed E-state index contributed by atoms with van der Waals surface area (Å²) in [6, 6.07) is 1.93. The van der Waals surface area contributed by atoms with Crippen molar-refractivity contribution in [3.05, 3.63) is 0 Å². The molecule has 2 aliphatic heterocycles. The van der Waals surface area contributed by atoms with E-state index in [9.17, 15) is 10.1 Å². The van der Waals surface area contributed by atoms with Gasteiger partial charge in [-0.05, 0) is 12.8 Å². The highest BCUT2D eigenvalue weighted by molar-refractivity contribution is 5.78. The molecule has 0 radical (unpaired) electrons. The van der Waals surface area contributed by atoms with Crippen molar-refractivity contribution >= 4 is 5.91 Å². The molecule has 1 spiro atoms. The average molecular weight is 265 g/mol. The molecule has 2 saturated heterocycles. The Kier molecular flexibility index (Phi) is 4.12. The molecule has 1 amide bonds. The van der Waals surface area contributed by atoms with Crippen LogP contribution in [0.3, 0.4) is 0 Å². The van der Waals surface area contributed by atoms with Crippen LogP contribution in [0.4, 0.5) is 0 Å². The van der Waals surface area contributed by atoms with Gasteiger partial charge in [0, 0.05) is 26.1 Å². The summed E-state index contributed by atoms with van der Waals surface area (Å²) in [6.07, 6.45) is 1.91. The van der Waals surface area contributed by atoms with Crippen molar-refractivity contribution in [3.63, 3.8) is 0 Å². The third-order valence-corrected chi connectivity index (χ3v) is 4.39. The minimum atomic E-state index is -0.325. The lowest BCUT2D eigenvalue weighted by molar-refractivity contribution is -0.192. The Bertz CT molecular complexity index is 379. The molecule has 0 aromatic rings. The molecular formula is C14H23N3O2. The number of carbonyl (C=O) groups excluding carboxylic acids is 1. The Balaban J connectivity index is 1.83. The van der Waals surface area contributed by atoms with Gasteiger partial charge in [0.2, 0.25) is 5.91 Å². The number of carbonyl (C=O) groups is 1. The van der Waals surface area contributed by atoms with Crippen molar-refractivity contribution in [1.29, 1.82) is 5.26 Å². The fourth-order valence-corrected chi connectivity index (χ4v) is 2.78. The first kappa shape index (κ1) is 14.3. The summed E-state index contributed by atoms with van der Waals surface area (Å²) in [4.78, 5) is 15.9. The van der Waals surface area contributed by atoms with Gasteiger partial charge in [0.1, 0.15) is 6.04 Å². The highest BCUT2D eigenvalue weighted by Gasteiger charge is 2.50. The summed E-state index contributed by atoms with van der Waals surface area (Å²) in [5.41, 5.74) is 0.265. The molecule has 5 nitrogen and oxygen atoms in total. The van der Waals surface area contributed by atoms with Gasteiger partial charge in [0.25, 0.3) is 0 Å². The van der Waals surface area contributed by atoms with Crippen molar-refractivity contribution in [2.75, 3.05) is 33.4 Å². The molecule has 0 aromatic heterocycles. The Morgan fingerprint density at radius 1 is 1.53 bits per heavy atom. The number of hydrogen-bond donors (Lipinski definition) is 0. The van der Waals surface area contributed by atoms with E-state index in [0.717, 1.165) is 26.3 Å². The number of hydrogen-bond acceptors (Lipinski definition) is 4. The lowest BCUT2D eigenvalue weighted by atomic mass is 9.82. The Morgan fingerprint density at radius 3 is 2.58 bits per heavy atom. The number of nitrogens with zero attached hydrogens (tertiary/aromatic N) is 3. The van der Waals surface area contributed by atoms with E-state index in [1.54, 1.807) is 11.9 Å². The van der Waals surface area contributed by atoms with Gasteiger partial charge in [-0.25, -0.2) is 0 Å². The molecule has 2 aliphatic rings. The largest absolute Gasteiger partial charge is 0.377 e. The number of likely N-dealkylation sites (tertiary alicyclic amines) is 1. The van der Waals surface area contributed by atoms with Crippen LogP contribution >= 0.6 is 0 Å². The molecule has 1 atom stereocenters. The Labute approximate surface area is 115 Å². The van der Waals surface area contributed by atoms with Gasteiger partial charge in [-0.15, -0.1) is 0 Å². The third kappa shape index (κ3) is 2.60. The topological polar surface area (TPSA) is 56.6 Å². The third-order valence-electron chi connectivity index (χ3n) is 4.39. The molecule has 0 aliphatic carbocycles. The van der Waals surface area contributed by atoms with Crippen molar-refractivity contribution in [2.24, 2.45) is 5.92 Å². The standard InChI is InChI=1S/C14H23N3O2/c1-11(2)13(18)16(3)12(8-15)4-6-17-7-5-14(17)9-19-10-14/h11-12H,4-7,9-10H2,1-3H3/t12-/m0/s1. The highest BCUT2D eigenvalue weighted by atomic mass is 16.5. The van der Waals surface area contributed by atoms with Crippen LogP contribution in [-0.2, 0) is 9.53 Å². The molecule has 0 bridgehead atoms. The Hall–Kier alpha value is -1.12. The molecule has 2 rings (SSSR count). The van der Waals surface area contributed by atoms with Crippen LogP contribution < -0.4 is 0 Å². The summed E-state index contributed by atoms with van der Waals surface area (Å²) < 4.78 is 5.29. The lowest BCUT2D eigenvalue weighted by Crippen LogP contribution is -2.70. The predicted octanol–water partition coefficient (Wildman–Crippen LogP) is 0.858. The molecule has 0 saturated carbocycles. The first-order chi connectivity index (χ1) is 9.00. The molecule has 19 heavy (non-hydrogen) atoms. The maximum Gasteiger partial charge on any atom is 0.225 e. The normalized spacial score (nSPS) is 22.5. The quantitative estimate of drug-likeness (QED) is 0.740. The minimum Gasteiger partial charge on any atom is -0.377 e. The van der Waals surface area contributed by atoms with Crippen LogP contribution in [-0.4, -0.2) is 60.6 Å². The van der Waals surface area contributed by atoms with E-state index < -0.39 is 0 Å². The maximum atomic E-state index is 11.9.